The van der Waals surface area contributed by atoms with Gasteiger partial charge in [-0.3, -0.25) is 6.08 Å². The monoisotopic (exact) mass is 622 g/mol. The predicted octanol–water partition coefficient (Wildman–Crippen LogP) is 12.1. The minimum absolute atomic E-state index is 0. The van der Waals surface area contributed by atoms with Gasteiger partial charge in [0.1, 0.15) is 0 Å². The van der Waals surface area contributed by atoms with E-state index in [1.54, 1.807) is 0 Å². The van der Waals surface area contributed by atoms with Gasteiger partial charge in [0, 0.05) is 21.7 Å². The van der Waals surface area contributed by atoms with Gasteiger partial charge in [-0.25, -0.2) is 18.6 Å². The molecule has 0 amide bonds. The second kappa shape index (κ2) is 15.3. The fourth-order valence-electron chi connectivity index (χ4n) is 5.09. The Labute approximate surface area is 288 Å². The summed E-state index contributed by atoms with van der Waals surface area (Å²) in [6, 6.07) is 17.7. The van der Waals surface area contributed by atoms with Gasteiger partial charge in [0.2, 0.25) is 0 Å². The summed E-state index contributed by atoms with van der Waals surface area (Å²) in [7, 11) is 0. The molecule has 0 bridgehead atoms. The average Bonchev–Trinajstić information content (AvgIpc) is 2.82. The predicted molar refractivity (Wildman–Crippen MR) is 194 cm³/mol. The maximum absolute atomic E-state index is 4.49. The van der Waals surface area contributed by atoms with E-state index in [-0.39, 0.29) is 58.2 Å². The van der Waals surface area contributed by atoms with Gasteiger partial charge in [0.05, 0.1) is 0 Å². The molecule has 240 valence electrons. The van der Waals surface area contributed by atoms with E-state index in [9.17, 15) is 0 Å². The smallest absolute Gasteiger partial charge is 0 e. The van der Waals surface area contributed by atoms with Crippen molar-refractivity contribution in [3.63, 3.8) is 0 Å². The molecule has 0 heterocycles. The fraction of sp³-hybridized carbons (Fsp3) is 0.395. The summed E-state index contributed by atoms with van der Waals surface area (Å²) in [5.41, 5.74) is 12.1. The first-order valence-corrected chi connectivity index (χ1v) is 15.0. The van der Waals surface area contributed by atoms with Crippen LogP contribution >= 0.6 is 0 Å². The fourth-order valence-corrected chi connectivity index (χ4v) is 5.09. The molecule has 44 heavy (non-hydrogen) atoms. The molecule has 0 N–H and O–H groups in total. The minimum Gasteiger partial charge on any atom is -0.358 e. The maximum Gasteiger partial charge on any atom is 0 e. The van der Waals surface area contributed by atoms with Crippen LogP contribution in [-0.4, -0.2) is 0 Å². The Kier molecular flexibility index (Phi) is 14.4. The van der Waals surface area contributed by atoms with E-state index in [2.05, 4.69) is 170 Å². The SMILES string of the molecule is [CH2-]c1c(C=[C-]Cc2ccccc2[C-]=Cc2cc(C(C)(C)C)cc(C(C)(C)C)c2[CH2-])cc(C(C)(C)C)cc1C(C)(C)C.[CH3-].[CH3-].[Ti]. The van der Waals surface area contributed by atoms with Crippen LogP contribution in [0.1, 0.15) is 139 Å². The third kappa shape index (κ3) is 10.3. The van der Waals surface area contributed by atoms with E-state index in [4.69, 9.17) is 0 Å². The minimum atomic E-state index is 0. The first-order valence-electron chi connectivity index (χ1n) is 15.0. The second-order valence-corrected chi connectivity index (χ2v) is 15.7. The first-order chi connectivity index (χ1) is 18.7. The van der Waals surface area contributed by atoms with Crippen molar-refractivity contribution in [1.29, 1.82) is 0 Å². The van der Waals surface area contributed by atoms with E-state index in [0.29, 0.717) is 6.42 Å². The molecule has 0 aliphatic heterocycles. The summed E-state index contributed by atoms with van der Waals surface area (Å²) < 4.78 is 0. The molecule has 0 unspecified atom stereocenters. The largest absolute Gasteiger partial charge is 0.358 e. The molecular formula is C43H58Ti-6. The van der Waals surface area contributed by atoms with Gasteiger partial charge in [0.15, 0.2) is 0 Å². The molecule has 0 atom stereocenters. The zero-order valence-corrected chi connectivity index (χ0v) is 32.0. The van der Waals surface area contributed by atoms with Crippen LogP contribution in [0, 0.1) is 40.9 Å². The zero-order chi connectivity index (χ0) is 31.0. The van der Waals surface area contributed by atoms with Crippen LogP contribution in [0.2, 0.25) is 0 Å². The molecule has 3 aromatic rings. The molecular weight excluding hydrogens is 564 g/mol. The molecule has 0 aliphatic carbocycles. The van der Waals surface area contributed by atoms with Crippen LogP contribution in [0.25, 0.3) is 12.2 Å². The van der Waals surface area contributed by atoms with Crippen molar-refractivity contribution in [3.05, 3.63) is 145 Å². The molecule has 0 saturated carbocycles. The zero-order valence-electron chi connectivity index (χ0n) is 30.4. The maximum atomic E-state index is 4.49. The van der Waals surface area contributed by atoms with Crippen molar-refractivity contribution in [1.82, 2.24) is 0 Å². The summed E-state index contributed by atoms with van der Waals surface area (Å²) in [5.74, 6) is 0. The molecule has 1 heteroatoms. The van der Waals surface area contributed by atoms with Gasteiger partial charge >= 0.3 is 0 Å². The molecule has 0 nitrogen and oxygen atoms in total. The Bertz CT molecular complexity index is 1430. The second-order valence-electron chi connectivity index (χ2n) is 15.7. The van der Waals surface area contributed by atoms with Crippen molar-refractivity contribution >= 4 is 12.2 Å². The summed E-state index contributed by atoms with van der Waals surface area (Å²) in [6.07, 6.45) is 12.2. The number of rotatable bonds is 5. The molecule has 3 aromatic carbocycles. The van der Waals surface area contributed by atoms with Gasteiger partial charge in [0.25, 0.3) is 0 Å². The van der Waals surface area contributed by atoms with E-state index in [1.807, 2.05) is 0 Å². The molecule has 0 fully saturated rings. The van der Waals surface area contributed by atoms with Gasteiger partial charge in [-0.1, -0.05) is 111 Å². The molecule has 3 rings (SSSR count). The number of allylic oxidation sites excluding steroid dienone is 1. The van der Waals surface area contributed by atoms with E-state index in [1.165, 1.54) is 27.8 Å². The Hall–Kier alpha value is -2.41. The topological polar surface area (TPSA) is 0 Å². The van der Waals surface area contributed by atoms with E-state index >= 15 is 0 Å². The summed E-state index contributed by atoms with van der Waals surface area (Å²) >= 11 is 0. The van der Waals surface area contributed by atoms with Crippen LogP contribution in [-0.2, 0) is 49.8 Å². The van der Waals surface area contributed by atoms with Crippen molar-refractivity contribution in [2.24, 2.45) is 0 Å². The van der Waals surface area contributed by atoms with Crippen LogP contribution in [0.4, 0.5) is 0 Å². The first kappa shape index (κ1) is 41.6. The molecule has 0 spiro atoms. The normalized spacial score (nSPS) is 12.5. The molecule has 0 saturated heterocycles. The van der Waals surface area contributed by atoms with Crippen LogP contribution in [0.5, 0.6) is 0 Å². The quantitative estimate of drug-likeness (QED) is 0.151. The Balaban J connectivity index is 0.00000616. The molecule has 0 aromatic heterocycles. The summed E-state index contributed by atoms with van der Waals surface area (Å²) in [5, 5.41) is 0. The van der Waals surface area contributed by atoms with Gasteiger partial charge in [-0.15, -0.1) is 82.8 Å². The van der Waals surface area contributed by atoms with Gasteiger partial charge in [-0.2, -0.15) is 24.1 Å². The Morgan fingerprint density at radius 3 is 1.41 bits per heavy atom. The van der Waals surface area contributed by atoms with E-state index < -0.39 is 0 Å². The van der Waals surface area contributed by atoms with Crippen molar-refractivity contribution in [3.8, 4) is 0 Å². The summed E-state index contributed by atoms with van der Waals surface area (Å²) in [4.78, 5) is 0. The van der Waals surface area contributed by atoms with Gasteiger partial charge in [-0.05, 0) is 10.8 Å². The average molecular weight is 623 g/mol. The van der Waals surface area contributed by atoms with Crippen LogP contribution in [0.15, 0.2) is 48.5 Å². The van der Waals surface area contributed by atoms with Crippen molar-refractivity contribution in [2.45, 2.75) is 111 Å². The van der Waals surface area contributed by atoms with Crippen LogP contribution in [0.3, 0.4) is 0 Å². The van der Waals surface area contributed by atoms with Gasteiger partial charge < -0.3 is 14.9 Å². The van der Waals surface area contributed by atoms with Crippen molar-refractivity contribution in [2.75, 3.05) is 0 Å². The third-order valence-electron chi connectivity index (χ3n) is 7.87. The Morgan fingerprint density at radius 1 is 0.591 bits per heavy atom. The standard InChI is InChI=1S/C41H52.2CH3.Ti/c1-28-32(24-34(38(3,4)5)26-36(28)40(9,10)11)21-17-20-30-18-15-16-19-31(30)22-23-33-25-35(39(6,7)8)27-37(29(33)2)41(12,13)14;;;/h15-16,18-19,21,23-27H,1-2,20H2,3-14H3;2*1H3;/q-4;2*-1;. The number of benzene rings is 3. The molecule has 0 radical (unpaired) electrons. The number of hydrogen-bond acceptors (Lipinski definition) is 0. The van der Waals surface area contributed by atoms with Crippen molar-refractivity contribution < 1.29 is 21.7 Å². The number of hydrogen-bond donors (Lipinski definition) is 0. The summed E-state index contributed by atoms with van der Waals surface area (Å²) in [6.45, 7) is 36.2. The molecule has 0 aliphatic rings. The Morgan fingerprint density at radius 2 is 1.00 bits per heavy atom. The van der Waals surface area contributed by atoms with E-state index in [0.717, 1.165) is 27.8 Å². The van der Waals surface area contributed by atoms with Crippen LogP contribution < -0.4 is 0 Å². The third-order valence-corrected chi connectivity index (χ3v) is 7.87.